The van der Waals surface area contributed by atoms with Crippen molar-refractivity contribution in [2.75, 3.05) is 0 Å². The summed E-state index contributed by atoms with van der Waals surface area (Å²) in [6.45, 7) is 0. The molecule has 0 aromatic carbocycles. The molecular weight excluding hydrogens is 166 g/mol. The predicted molar refractivity (Wildman–Crippen MR) is 40.2 cm³/mol. The smallest absolute Gasteiger partial charge is 0.359 e. The predicted octanol–water partition coefficient (Wildman–Crippen LogP) is 1.11. The number of thiophene rings is 1. The van der Waals surface area contributed by atoms with E-state index in [9.17, 15) is 4.79 Å². The summed E-state index contributed by atoms with van der Waals surface area (Å²) >= 11 is 1.29. The van der Waals surface area contributed by atoms with Crippen molar-refractivity contribution in [3.63, 3.8) is 0 Å². The Balaban J connectivity index is 2.50. The molecule has 1 heterocycles. The first-order chi connectivity index (χ1) is 5.33. The lowest BCUT2D eigenvalue weighted by molar-refractivity contribution is -0.126. The van der Waals surface area contributed by atoms with E-state index in [1.54, 1.807) is 17.5 Å². The standard InChI is InChI=1S/C6H5NO3S/c8-5(4-7-9)10-6-2-1-3-11-6/h1-4,9H. The van der Waals surface area contributed by atoms with Crippen molar-refractivity contribution in [3.8, 4) is 5.06 Å². The van der Waals surface area contributed by atoms with Gasteiger partial charge in [0.05, 0.1) is 0 Å². The molecule has 58 valence electrons. The largest absolute Gasteiger partial charge is 0.411 e. The first kappa shape index (κ1) is 7.74. The second-order valence-corrected chi connectivity index (χ2v) is 2.51. The number of ether oxygens (including phenoxy) is 1. The highest BCUT2D eigenvalue weighted by atomic mass is 32.1. The van der Waals surface area contributed by atoms with E-state index in [-0.39, 0.29) is 0 Å². The molecule has 0 spiro atoms. The minimum atomic E-state index is -0.685. The fourth-order valence-corrected chi connectivity index (χ4v) is 1.07. The maximum atomic E-state index is 10.6. The molecule has 4 nitrogen and oxygen atoms in total. The highest BCUT2D eigenvalue weighted by Gasteiger charge is 2.00. The summed E-state index contributed by atoms with van der Waals surface area (Å²) in [5, 5.41) is 12.7. The summed E-state index contributed by atoms with van der Waals surface area (Å²) < 4.78 is 4.67. The van der Waals surface area contributed by atoms with E-state index in [0.29, 0.717) is 11.3 Å². The lowest BCUT2D eigenvalue weighted by Gasteiger charge is -1.92. The fraction of sp³-hybridized carbons (Fsp3) is 0. The molecular formula is C6H5NO3S. The Morgan fingerprint density at radius 1 is 1.82 bits per heavy atom. The summed E-state index contributed by atoms with van der Waals surface area (Å²) in [6.07, 6.45) is 0.694. The van der Waals surface area contributed by atoms with Crippen molar-refractivity contribution >= 4 is 23.5 Å². The Labute approximate surface area is 66.7 Å². The zero-order valence-electron chi connectivity index (χ0n) is 5.43. The van der Waals surface area contributed by atoms with Crippen LogP contribution >= 0.6 is 11.3 Å². The second kappa shape index (κ2) is 3.72. The first-order valence-electron chi connectivity index (χ1n) is 2.75. The monoisotopic (exact) mass is 171 g/mol. The Morgan fingerprint density at radius 2 is 2.64 bits per heavy atom. The van der Waals surface area contributed by atoms with Gasteiger partial charge in [0.1, 0.15) is 0 Å². The minimum absolute atomic E-state index is 0.481. The molecule has 0 radical (unpaired) electrons. The van der Waals surface area contributed by atoms with Gasteiger partial charge in [0.2, 0.25) is 0 Å². The topological polar surface area (TPSA) is 58.9 Å². The Kier molecular flexibility index (Phi) is 2.62. The first-order valence-corrected chi connectivity index (χ1v) is 3.63. The van der Waals surface area contributed by atoms with Crippen molar-refractivity contribution in [2.45, 2.75) is 0 Å². The fourth-order valence-electron chi connectivity index (χ4n) is 0.494. The number of hydrogen-bond acceptors (Lipinski definition) is 5. The minimum Gasteiger partial charge on any atom is -0.411 e. The SMILES string of the molecule is O=C(C=NO)Oc1cccs1. The summed E-state index contributed by atoms with van der Waals surface area (Å²) in [6, 6.07) is 3.40. The number of rotatable bonds is 2. The van der Waals surface area contributed by atoms with Gasteiger partial charge in [-0.25, -0.2) is 4.79 Å². The number of oxime groups is 1. The van der Waals surface area contributed by atoms with Crippen molar-refractivity contribution < 1.29 is 14.7 Å². The maximum Gasteiger partial charge on any atom is 0.359 e. The highest BCUT2D eigenvalue weighted by Crippen LogP contribution is 2.17. The van der Waals surface area contributed by atoms with Crippen LogP contribution in [0, 0.1) is 0 Å². The molecule has 1 N–H and O–H groups in total. The molecule has 0 aliphatic carbocycles. The third kappa shape index (κ3) is 2.38. The van der Waals surface area contributed by atoms with E-state index < -0.39 is 5.97 Å². The van der Waals surface area contributed by atoms with Gasteiger partial charge in [0.15, 0.2) is 11.3 Å². The van der Waals surface area contributed by atoms with Crippen LogP contribution in [0.1, 0.15) is 0 Å². The molecule has 0 amide bonds. The normalized spacial score (nSPS) is 10.2. The van der Waals surface area contributed by atoms with Crippen molar-refractivity contribution in [1.29, 1.82) is 0 Å². The van der Waals surface area contributed by atoms with E-state index >= 15 is 0 Å². The molecule has 0 atom stereocenters. The van der Waals surface area contributed by atoms with E-state index in [1.807, 2.05) is 0 Å². The number of carbonyl (C=O) groups excluding carboxylic acids is 1. The van der Waals surface area contributed by atoms with Gasteiger partial charge in [0, 0.05) is 0 Å². The zero-order valence-corrected chi connectivity index (χ0v) is 6.25. The van der Waals surface area contributed by atoms with Gasteiger partial charge in [-0.2, -0.15) is 0 Å². The van der Waals surface area contributed by atoms with Crippen LogP contribution in [0.4, 0.5) is 0 Å². The average molecular weight is 171 g/mol. The van der Waals surface area contributed by atoms with E-state index in [0.717, 1.165) is 0 Å². The summed E-state index contributed by atoms with van der Waals surface area (Å²) in [5.41, 5.74) is 0. The molecule has 0 saturated heterocycles. The Morgan fingerprint density at radius 3 is 3.18 bits per heavy atom. The van der Waals surface area contributed by atoms with E-state index in [4.69, 9.17) is 5.21 Å². The lowest BCUT2D eigenvalue weighted by Crippen LogP contribution is -2.07. The molecule has 11 heavy (non-hydrogen) atoms. The van der Waals surface area contributed by atoms with Crippen LogP contribution in [0.3, 0.4) is 0 Å². The number of hydrogen-bond donors (Lipinski definition) is 1. The Bertz CT molecular complexity index is 255. The lowest BCUT2D eigenvalue weighted by atomic mass is 10.6. The van der Waals surface area contributed by atoms with Gasteiger partial charge in [-0.15, -0.1) is 11.3 Å². The van der Waals surface area contributed by atoms with Crippen molar-refractivity contribution in [2.24, 2.45) is 5.16 Å². The summed E-state index contributed by atoms with van der Waals surface area (Å²) in [5.74, 6) is -0.685. The molecule has 1 rings (SSSR count). The van der Waals surface area contributed by atoms with Gasteiger partial charge < -0.3 is 9.94 Å². The van der Waals surface area contributed by atoms with Crippen molar-refractivity contribution in [1.82, 2.24) is 0 Å². The molecule has 0 saturated carbocycles. The van der Waals surface area contributed by atoms with Gasteiger partial charge in [-0.1, -0.05) is 5.16 Å². The molecule has 5 heteroatoms. The number of esters is 1. The molecule has 0 aliphatic rings. The van der Waals surface area contributed by atoms with E-state index in [1.165, 1.54) is 11.3 Å². The molecule has 1 aromatic heterocycles. The molecule has 0 bridgehead atoms. The quantitative estimate of drug-likeness (QED) is 0.314. The van der Waals surface area contributed by atoms with Crippen LogP contribution in [0.5, 0.6) is 5.06 Å². The van der Waals surface area contributed by atoms with Crippen molar-refractivity contribution in [3.05, 3.63) is 17.5 Å². The van der Waals surface area contributed by atoms with Gasteiger partial charge in [-0.3, -0.25) is 0 Å². The van der Waals surface area contributed by atoms with Crippen LogP contribution in [-0.4, -0.2) is 17.4 Å². The summed E-state index contributed by atoms with van der Waals surface area (Å²) in [7, 11) is 0. The Hall–Kier alpha value is -1.36. The third-order valence-electron chi connectivity index (χ3n) is 0.859. The maximum absolute atomic E-state index is 10.6. The van der Waals surface area contributed by atoms with Crippen LogP contribution in [0.15, 0.2) is 22.7 Å². The average Bonchev–Trinajstić information content (AvgIpc) is 2.40. The molecule has 0 unspecified atom stereocenters. The van der Waals surface area contributed by atoms with Crippen LogP contribution in [-0.2, 0) is 4.79 Å². The second-order valence-electron chi connectivity index (χ2n) is 1.60. The highest BCUT2D eigenvalue weighted by molar-refractivity contribution is 7.11. The van der Waals surface area contributed by atoms with Gasteiger partial charge in [-0.05, 0) is 17.5 Å². The van der Waals surface area contributed by atoms with Gasteiger partial charge >= 0.3 is 5.97 Å². The number of carbonyl (C=O) groups is 1. The number of nitrogens with zero attached hydrogens (tertiary/aromatic N) is 1. The van der Waals surface area contributed by atoms with Crippen LogP contribution in [0.25, 0.3) is 0 Å². The summed E-state index contributed by atoms with van der Waals surface area (Å²) in [4.78, 5) is 10.6. The van der Waals surface area contributed by atoms with Gasteiger partial charge in [0.25, 0.3) is 0 Å². The molecule has 0 aliphatic heterocycles. The molecule has 1 aromatic rings. The van der Waals surface area contributed by atoms with E-state index in [2.05, 4.69) is 9.89 Å². The van der Waals surface area contributed by atoms with Crippen LogP contribution in [0.2, 0.25) is 0 Å². The zero-order chi connectivity index (χ0) is 8.10. The third-order valence-corrected chi connectivity index (χ3v) is 1.60. The van der Waals surface area contributed by atoms with Crippen LogP contribution < -0.4 is 4.74 Å². The molecule has 0 fully saturated rings.